The van der Waals surface area contributed by atoms with Crippen LogP contribution in [0.4, 0.5) is 17.1 Å². The van der Waals surface area contributed by atoms with Crippen molar-refractivity contribution >= 4 is 33.0 Å². The van der Waals surface area contributed by atoms with Crippen LogP contribution in [0.25, 0.3) is 22.3 Å². The molecule has 1 aliphatic rings. The van der Waals surface area contributed by atoms with Gasteiger partial charge in [0, 0.05) is 26.9 Å². The van der Waals surface area contributed by atoms with E-state index in [1.54, 1.807) is 0 Å². The summed E-state index contributed by atoms with van der Waals surface area (Å²) in [5.74, 6) is 0. The quantitative estimate of drug-likeness (QED) is 0.218. The Hall–Kier alpha value is -3.62. The predicted octanol–water partition coefficient (Wildman–Crippen LogP) is 10.5. The zero-order chi connectivity index (χ0) is 25.7. The van der Waals surface area contributed by atoms with E-state index in [1.807, 2.05) is 0 Å². The van der Waals surface area contributed by atoms with Gasteiger partial charge in [-0.25, -0.2) is 0 Å². The molecule has 6 rings (SSSR count). The summed E-state index contributed by atoms with van der Waals surface area (Å²) in [6.45, 7) is 9.08. The molecule has 0 bridgehead atoms. The minimum absolute atomic E-state index is 0.0437. The molecule has 0 unspecified atom stereocenters. The fourth-order valence-corrected chi connectivity index (χ4v) is 6.10. The number of halogens is 1. The van der Waals surface area contributed by atoms with Gasteiger partial charge in [-0.05, 0) is 107 Å². The molecule has 0 atom stereocenters. The van der Waals surface area contributed by atoms with Crippen LogP contribution >= 0.6 is 15.9 Å². The van der Waals surface area contributed by atoms with Crippen molar-refractivity contribution in [3.05, 3.63) is 136 Å². The number of nitrogens with zero attached hydrogens (tertiary/aromatic N) is 1. The number of rotatable bonds is 4. The van der Waals surface area contributed by atoms with E-state index in [-0.39, 0.29) is 5.41 Å². The van der Waals surface area contributed by atoms with E-state index in [9.17, 15) is 0 Å². The number of hydrogen-bond acceptors (Lipinski definition) is 1. The SMILES string of the molecule is Cc1ccccc1-c1ccc(N(c2ccc(Br)cc2)c2ccc3c(c2)C(C)(C)c2ccccc2-3)cc1C. The lowest BCUT2D eigenvalue weighted by Gasteiger charge is -2.28. The predicted molar refractivity (Wildman–Crippen MR) is 161 cm³/mol. The lowest BCUT2D eigenvalue weighted by molar-refractivity contribution is 0.660. The highest BCUT2D eigenvalue weighted by Gasteiger charge is 2.35. The summed E-state index contributed by atoms with van der Waals surface area (Å²) >= 11 is 3.61. The van der Waals surface area contributed by atoms with Crippen molar-refractivity contribution in [2.24, 2.45) is 0 Å². The Labute approximate surface area is 228 Å². The molecule has 0 saturated heterocycles. The van der Waals surface area contributed by atoms with Gasteiger partial charge >= 0.3 is 0 Å². The van der Waals surface area contributed by atoms with Crippen LogP contribution in [-0.2, 0) is 5.41 Å². The molecule has 0 spiro atoms. The maximum Gasteiger partial charge on any atom is 0.0465 e. The molecule has 0 fully saturated rings. The summed E-state index contributed by atoms with van der Waals surface area (Å²) in [4.78, 5) is 2.38. The van der Waals surface area contributed by atoms with Crippen molar-refractivity contribution in [2.75, 3.05) is 4.90 Å². The molecule has 1 aliphatic carbocycles. The Bertz CT molecular complexity index is 1630. The van der Waals surface area contributed by atoms with E-state index >= 15 is 0 Å². The Morgan fingerprint density at radius 1 is 0.514 bits per heavy atom. The third-order valence-electron chi connectivity index (χ3n) is 7.81. The molecule has 2 heteroatoms. The zero-order valence-corrected chi connectivity index (χ0v) is 23.3. The standard InChI is InChI=1S/C35H30BrN/c1-23-9-5-6-10-29(23)30-19-17-27(21-24(30)2)37(26-15-13-25(36)14-16-26)28-18-20-32-31-11-7-8-12-33(31)35(3,4)34(32)22-28/h5-22H,1-4H3. The molecule has 0 amide bonds. The van der Waals surface area contributed by atoms with Gasteiger partial charge in [0.05, 0.1) is 0 Å². The van der Waals surface area contributed by atoms with Crippen molar-refractivity contribution in [3.63, 3.8) is 0 Å². The second kappa shape index (κ2) is 9.04. The van der Waals surface area contributed by atoms with E-state index < -0.39 is 0 Å². The second-order valence-electron chi connectivity index (χ2n) is 10.5. The summed E-state index contributed by atoms with van der Waals surface area (Å²) in [6, 6.07) is 39.8. The van der Waals surface area contributed by atoms with Crippen LogP contribution in [-0.4, -0.2) is 0 Å². The molecule has 0 aliphatic heterocycles. The lowest BCUT2D eigenvalue weighted by Crippen LogP contribution is -2.16. The van der Waals surface area contributed by atoms with Gasteiger partial charge in [0.1, 0.15) is 0 Å². The normalized spacial score (nSPS) is 13.2. The molecule has 0 saturated carbocycles. The molecule has 1 nitrogen and oxygen atoms in total. The highest BCUT2D eigenvalue weighted by molar-refractivity contribution is 9.10. The first-order valence-electron chi connectivity index (χ1n) is 12.8. The fourth-order valence-electron chi connectivity index (χ4n) is 5.83. The van der Waals surface area contributed by atoms with E-state index in [2.05, 4.69) is 158 Å². The molecule has 0 aromatic heterocycles. The van der Waals surface area contributed by atoms with E-state index in [0.717, 1.165) is 15.8 Å². The van der Waals surface area contributed by atoms with Crippen LogP contribution in [0.5, 0.6) is 0 Å². The molecule has 0 N–H and O–H groups in total. The summed E-state index contributed by atoms with van der Waals surface area (Å²) < 4.78 is 1.08. The van der Waals surface area contributed by atoms with Crippen LogP contribution in [0, 0.1) is 13.8 Å². The first kappa shape index (κ1) is 23.8. The van der Waals surface area contributed by atoms with Crippen LogP contribution in [0.1, 0.15) is 36.1 Å². The third kappa shape index (κ3) is 4.01. The highest BCUT2D eigenvalue weighted by Crippen LogP contribution is 2.50. The smallest absolute Gasteiger partial charge is 0.0465 e. The Morgan fingerprint density at radius 2 is 1.05 bits per heavy atom. The van der Waals surface area contributed by atoms with E-state index in [0.29, 0.717) is 0 Å². The number of anilines is 3. The maximum atomic E-state index is 3.61. The van der Waals surface area contributed by atoms with E-state index in [4.69, 9.17) is 0 Å². The van der Waals surface area contributed by atoms with Gasteiger partial charge in [-0.2, -0.15) is 0 Å². The summed E-state index contributed by atoms with van der Waals surface area (Å²) in [7, 11) is 0. The highest BCUT2D eigenvalue weighted by atomic mass is 79.9. The minimum Gasteiger partial charge on any atom is -0.310 e. The van der Waals surface area contributed by atoms with Gasteiger partial charge in [0.2, 0.25) is 0 Å². The summed E-state index contributed by atoms with van der Waals surface area (Å²) in [6.07, 6.45) is 0. The maximum absolute atomic E-state index is 3.61. The Kier molecular flexibility index (Phi) is 5.81. The monoisotopic (exact) mass is 543 g/mol. The number of fused-ring (bicyclic) bond motifs is 3. The van der Waals surface area contributed by atoms with Gasteiger partial charge < -0.3 is 4.90 Å². The fraction of sp³-hybridized carbons (Fsp3) is 0.143. The van der Waals surface area contributed by atoms with Gasteiger partial charge in [-0.1, -0.05) is 90.4 Å². The minimum atomic E-state index is -0.0437. The lowest BCUT2D eigenvalue weighted by atomic mass is 9.82. The van der Waals surface area contributed by atoms with E-state index in [1.165, 1.54) is 50.2 Å². The number of benzene rings is 5. The summed E-state index contributed by atoms with van der Waals surface area (Å²) in [5, 5.41) is 0. The molecular formula is C35H30BrN. The topological polar surface area (TPSA) is 3.24 Å². The van der Waals surface area contributed by atoms with Crippen molar-refractivity contribution < 1.29 is 0 Å². The molecule has 37 heavy (non-hydrogen) atoms. The van der Waals surface area contributed by atoms with Crippen molar-refractivity contribution in [1.82, 2.24) is 0 Å². The van der Waals surface area contributed by atoms with Crippen LogP contribution in [0.2, 0.25) is 0 Å². The van der Waals surface area contributed by atoms with Crippen LogP contribution in [0.3, 0.4) is 0 Å². The van der Waals surface area contributed by atoms with Crippen LogP contribution in [0.15, 0.2) is 114 Å². The largest absolute Gasteiger partial charge is 0.310 e. The number of aryl methyl sites for hydroxylation is 2. The molecule has 5 aromatic rings. The Balaban J connectivity index is 1.50. The van der Waals surface area contributed by atoms with Crippen molar-refractivity contribution in [2.45, 2.75) is 33.1 Å². The number of hydrogen-bond donors (Lipinski definition) is 0. The summed E-state index contributed by atoms with van der Waals surface area (Å²) in [5.41, 5.74) is 14.0. The molecule has 5 aromatic carbocycles. The van der Waals surface area contributed by atoms with Crippen LogP contribution < -0.4 is 4.90 Å². The van der Waals surface area contributed by atoms with Crippen molar-refractivity contribution in [1.29, 1.82) is 0 Å². The first-order chi connectivity index (χ1) is 17.8. The average Bonchev–Trinajstić information content (AvgIpc) is 3.13. The molecular weight excluding hydrogens is 514 g/mol. The van der Waals surface area contributed by atoms with Gasteiger partial charge in [-0.15, -0.1) is 0 Å². The van der Waals surface area contributed by atoms with Gasteiger partial charge in [-0.3, -0.25) is 0 Å². The second-order valence-corrected chi connectivity index (χ2v) is 11.4. The first-order valence-corrected chi connectivity index (χ1v) is 13.6. The molecule has 0 radical (unpaired) electrons. The van der Waals surface area contributed by atoms with Gasteiger partial charge in [0.15, 0.2) is 0 Å². The van der Waals surface area contributed by atoms with Crippen molar-refractivity contribution in [3.8, 4) is 22.3 Å². The average molecular weight is 545 g/mol. The van der Waals surface area contributed by atoms with Gasteiger partial charge in [0.25, 0.3) is 0 Å². The molecule has 182 valence electrons. The zero-order valence-electron chi connectivity index (χ0n) is 21.7. The molecule has 0 heterocycles. The third-order valence-corrected chi connectivity index (χ3v) is 8.34. The Morgan fingerprint density at radius 3 is 1.76 bits per heavy atom.